The van der Waals surface area contributed by atoms with E-state index in [1.807, 2.05) is 36.4 Å². The van der Waals surface area contributed by atoms with Crippen molar-refractivity contribution in [3.05, 3.63) is 90.6 Å². The summed E-state index contributed by atoms with van der Waals surface area (Å²) in [6.07, 6.45) is 1.78. The number of ether oxygens (including phenoxy) is 5. The number of esters is 1. The number of hydrogen-bond donors (Lipinski definition) is 0. The van der Waals surface area contributed by atoms with Crippen LogP contribution in [0.2, 0.25) is 0 Å². The molecule has 2 aromatic heterocycles. The molecule has 50 heavy (non-hydrogen) atoms. The van der Waals surface area contributed by atoms with Crippen LogP contribution in [0.25, 0.3) is 6.08 Å². The van der Waals surface area contributed by atoms with Gasteiger partial charge in [0.05, 0.1) is 62.0 Å². The molecule has 3 aliphatic heterocycles. The van der Waals surface area contributed by atoms with Crippen LogP contribution in [0, 0.1) is 0 Å². The molecule has 2 aromatic carbocycles. The average Bonchev–Trinajstić information content (AvgIpc) is 3.45. The molecule has 1 atom stereocenters. The molecule has 0 radical (unpaired) electrons. The van der Waals surface area contributed by atoms with Gasteiger partial charge in [0.15, 0.2) is 16.3 Å². The normalized spacial score (nSPS) is 18.1. The molecule has 260 valence electrons. The van der Waals surface area contributed by atoms with E-state index >= 15 is 0 Å². The summed E-state index contributed by atoms with van der Waals surface area (Å²) in [5.74, 6) is 1.36. The number of nitrogens with zero attached hydrogens (tertiary/aromatic N) is 7. The highest BCUT2D eigenvalue weighted by Gasteiger charge is 2.33. The molecule has 3 aliphatic rings. The Morgan fingerprint density at radius 2 is 1.60 bits per heavy atom. The Kier molecular flexibility index (Phi) is 9.87. The zero-order valence-electron chi connectivity index (χ0n) is 28.0. The van der Waals surface area contributed by atoms with Crippen molar-refractivity contribution in [3.63, 3.8) is 0 Å². The molecule has 7 rings (SSSR count). The number of fused-ring (bicyclic) bond motifs is 1. The van der Waals surface area contributed by atoms with Crippen molar-refractivity contribution < 1.29 is 28.5 Å². The molecular formula is C35H37N7O7S. The number of carbonyl (C=O) groups excluding carboxylic acids is 1. The van der Waals surface area contributed by atoms with Crippen molar-refractivity contribution in [2.24, 2.45) is 4.99 Å². The third-order valence-electron chi connectivity index (χ3n) is 8.50. The van der Waals surface area contributed by atoms with Crippen LogP contribution in [0.5, 0.6) is 17.5 Å². The highest BCUT2D eigenvalue weighted by Crippen LogP contribution is 2.33. The van der Waals surface area contributed by atoms with Crippen LogP contribution in [-0.2, 0) is 19.0 Å². The van der Waals surface area contributed by atoms with Crippen molar-refractivity contribution in [1.29, 1.82) is 0 Å². The molecule has 4 aromatic rings. The minimum Gasteiger partial charge on any atom is -0.493 e. The van der Waals surface area contributed by atoms with Crippen LogP contribution in [0.15, 0.2) is 69.6 Å². The molecule has 14 nitrogen and oxygen atoms in total. The summed E-state index contributed by atoms with van der Waals surface area (Å²) in [5, 5.41) is 0. The van der Waals surface area contributed by atoms with Crippen LogP contribution in [0.1, 0.15) is 31.0 Å². The number of thiazole rings is 1. The van der Waals surface area contributed by atoms with E-state index in [0.717, 1.165) is 5.56 Å². The molecule has 2 saturated heterocycles. The number of rotatable bonds is 9. The fourth-order valence-electron chi connectivity index (χ4n) is 6.04. The zero-order valence-corrected chi connectivity index (χ0v) is 28.9. The van der Waals surface area contributed by atoms with E-state index in [1.54, 1.807) is 43.7 Å². The Morgan fingerprint density at radius 3 is 2.22 bits per heavy atom. The zero-order chi connectivity index (χ0) is 34.6. The Bertz CT molecular complexity index is 2050. The van der Waals surface area contributed by atoms with Crippen LogP contribution >= 0.6 is 11.3 Å². The van der Waals surface area contributed by atoms with Gasteiger partial charge in [-0.05, 0) is 43.2 Å². The molecule has 0 N–H and O–H groups in total. The van der Waals surface area contributed by atoms with Crippen molar-refractivity contribution in [1.82, 2.24) is 19.5 Å². The van der Waals surface area contributed by atoms with E-state index < -0.39 is 12.0 Å². The highest BCUT2D eigenvalue weighted by molar-refractivity contribution is 7.07. The Labute approximate surface area is 291 Å². The Morgan fingerprint density at radius 1 is 0.940 bits per heavy atom. The number of morpholine rings is 2. The first-order valence-corrected chi connectivity index (χ1v) is 17.3. The fraction of sp³-hybridized carbons (Fsp3) is 0.371. The van der Waals surface area contributed by atoms with Crippen LogP contribution < -0.4 is 34.2 Å². The minimum absolute atomic E-state index is 0.135. The van der Waals surface area contributed by atoms with E-state index in [0.29, 0.717) is 102 Å². The van der Waals surface area contributed by atoms with Gasteiger partial charge in [0, 0.05) is 26.2 Å². The number of allylic oxidation sites excluding steroid dienone is 1. The SMILES string of the molecule is CCOC(=O)C1=C(C)N=c2sc(=Cc3ccc(Oc4nc(N5CCOCC5)nc(N5CCOCC5)n4)c(OC)c3)c(=O)n2[C@H]1c1ccccc1. The lowest BCUT2D eigenvalue weighted by Gasteiger charge is -2.30. The molecule has 2 fully saturated rings. The van der Waals surface area contributed by atoms with Gasteiger partial charge in [-0.3, -0.25) is 9.36 Å². The number of aromatic nitrogens is 4. The van der Waals surface area contributed by atoms with Crippen LogP contribution in [0.3, 0.4) is 0 Å². The molecular weight excluding hydrogens is 662 g/mol. The summed E-state index contributed by atoms with van der Waals surface area (Å²) in [5.41, 5.74) is 2.07. The first-order valence-electron chi connectivity index (χ1n) is 16.5. The van der Waals surface area contributed by atoms with Gasteiger partial charge in [0.2, 0.25) is 11.9 Å². The van der Waals surface area contributed by atoms with Gasteiger partial charge in [0.1, 0.15) is 0 Å². The third kappa shape index (κ3) is 6.84. The summed E-state index contributed by atoms with van der Waals surface area (Å²) in [4.78, 5) is 50.5. The molecule has 0 bridgehead atoms. The average molecular weight is 700 g/mol. The van der Waals surface area contributed by atoms with Gasteiger partial charge in [-0.1, -0.05) is 47.7 Å². The smallest absolute Gasteiger partial charge is 0.338 e. The van der Waals surface area contributed by atoms with E-state index in [9.17, 15) is 9.59 Å². The number of carbonyl (C=O) groups is 1. The largest absolute Gasteiger partial charge is 0.493 e. The van der Waals surface area contributed by atoms with Crippen molar-refractivity contribution in [2.75, 3.05) is 76.1 Å². The molecule has 0 spiro atoms. The maximum Gasteiger partial charge on any atom is 0.338 e. The lowest BCUT2D eigenvalue weighted by molar-refractivity contribution is -0.139. The predicted octanol–water partition coefficient (Wildman–Crippen LogP) is 2.46. The molecule has 0 unspecified atom stereocenters. The van der Waals surface area contributed by atoms with Gasteiger partial charge in [0.25, 0.3) is 5.56 Å². The van der Waals surface area contributed by atoms with E-state index in [-0.39, 0.29) is 18.2 Å². The maximum atomic E-state index is 14.0. The van der Waals surface area contributed by atoms with E-state index in [2.05, 4.69) is 24.8 Å². The van der Waals surface area contributed by atoms with Gasteiger partial charge in [-0.15, -0.1) is 0 Å². The predicted molar refractivity (Wildman–Crippen MR) is 186 cm³/mol. The maximum absolute atomic E-state index is 14.0. The third-order valence-corrected chi connectivity index (χ3v) is 9.48. The quantitative estimate of drug-likeness (QED) is 0.237. The number of benzene rings is 2. The summed E-state index contributed by atoms with van der Waals surface area (Å²) < 4.78 is 30.4. The second kappa shape index (κ2) is 14.8. The lowest BCUT2D eigenvalue weighted by Crippen LogP contribution is -2.40. The van der Waals surface area contributed by atoms with Crippen LogP contribution in [0.4, 0.5) is 11.9 Å². The minimum atomic E-state index is -0.677. The van der Waals surface area contributed by atoms with Crippen molar-refractivity contribution in [2.45, 2.75) is 19.9 Å². The Hall–Kier alpha value is -5.12. The van der Waals surface area contributed by atoms with Gasteiger partial charge in [-0.25, -0.2) is 9.79 Å². The summed E-state index contributed by atoms with van der Waals surface area (Å²) in [7, 11) is 1.55. The van der Waals surface area contributed by atoms with Gasteiger partial charge >= 0.3 is 12.0 Å². The van der Waals surface area contributed by atoms with E-state index in [1.165, 1.54) is 11.3 Å². The highest BCUT2D eigenvalue weighted by atomic mass is 32.1. The van der Waals surface area contributed by atoms with Crippen molar-refractivity contribution >= 4 is 35.3 Å². The first kappa shape index (κ1) is 33.4. The second-order valence-corrected chi connectivity index (χ2v) is 12.7. The summed E-state index contributed by atoms with van der Waals surface area (Å²) in [6, 6.07) is 14.3. The molecule has 0 amide bonds. The molecule has 0 saturated carbocycles. The summed E-state index contributed by atoms with van der Waals surface area (Å²) >= 11 is 1.25. The monoisotopic (exact) mass is 699 g/mol. The standard InChI is InChI=1S/C35H37N7O7S/c1-4-48-31(44)28-22(2)36-35-42(29(28)24-8-6-5-7-9-24)30(43)27(50-35)21-23-10-11-25(26(20-23)45-3)49-34-38-32(40-12-16-46-17-13-40)37-33(39-34)41-14-18-47-19-15-41/h5-11,20-21,29H,4,12-19H2,1-3H3/t29-/m0/s1. The number of anilines is 2. The number of methoxy groups -OCH3 is 1. The topological polar surface area (TPSA) is 143 Å². The van der Waals surface area contributed by atoms with Gasteiger partial charge in [-0.2, -0.15) is 15.0 Å². The fourth-order valence-corrected chi connectivity index (χ4v) is 7.09. The molecule has 15 heteroatoms. The number of hydrogen-bond acceptors (Lipinski definition) is 14. The molecule has 5 heterocycles. The van der Waals surface area contributed by atoms with Crippen LogP contribution in [-0.4, -0.2) is 91.8 Å². The molecule has 0 aliphatic carbocycles. The lowest BCUT2D eigenvalue weighted by atomic mass is 9.96. The van der Waals surface area contributed by atoms with E-state index in [4.69, 9.17) is 28.7 Å². The van der Waals surface area contributed by atoms with Crippen molar-refractivity contribution in [3.8, 4) is 17.5 Å². The van der Waals surface area contributed by atoms with Gasteiger partial charge < -0.3 is 33.5 Å². The Balaban J connectivity index is 1.23. The summed E-state index contributed by atoms with van der Waals surface area (Å²) in [6.45, 7) is 8.70. The second-order valence-electron chi connectivity index (χ2n) is 11.6. The first-order chi connectivity index (χ1) is 24.4.